The molecule has 1 amide bonds. The van der Waals surface area contributed by atoms with Crippen LogP contribution in [0.1, 0.15) is 17.2 Å². The monoisotopic (exact) mass is 464 g/mol. The molecule has 2 heterocycles. The number of likely N-dealkylation sites (N-methyl/N-ethyl adjacent to an activating group) is 1. The van der Waals surface area contributed by atoms with E-state index in [4.69, 9.17) is 14.2 Å². The Morgan fingerprint density at radius 3 is 2.68 bits per heavy atom. The fourth-order valence-corrected chi connectivity index (χ4v) is 4.04. The van der Waals surface area contributed by atoms with Gasteiger partial charge in [-0.15, -0.1) is 0 Å². The van der Waals surface area contributed by atoms with Crippen molar-refractivity contribution in [2.75, 3.05) is 47.0 Å². The number of hydrogen-bond donors (Lipinski definition) is 1. The first-order chi connectivity index (χ1) is 16.4. The first-order valence-electron chi connectivity index (χ1n) is 11.1. The summed E-state index contributed by atoms with van der Waals surface area (Å²) in [6.45, 7) is 5.69. The molecule has 1 atom stereocenters. The number of fused-ring (bicyclic) bond motifs is 1. The van der Waals surface area contributed by atoms with Crippen LogP contribution in [0.4, 0.5) is 0 Å². The van der Waals surface area contributed by atoms with E-state index in [0.717, 1.165) is 0 Å². The minimum absolute atomic E-state index is 0.0290. The van der Waals surface area contributed by atoms with Gasteiger partial charge in [0, 0.05) is 18.7 Å². The van der Waals surface area contributed by atoms with Crippen LogP contribution in [0.15, 0.2) is 60.7 Å². The lowest BCUT2D eigenvalue weighted by molar-refractivity contribution is -0.140. The van der Waals surface area contributed by atoms with Crippen LogP contribution < -0.4 is 14.2 Å². The molecule has 8 heteroatoms. The number of ketones is 1. The third kappa shape index (κ3) is 4.63. The molecule has 0 aromatic heterocycles. The third-order valence-electron chi connectivity index (χ3n) is 5.69. The Bertz CT molecular complexity index is 1140. The molecule has 1 N–H and O–H groups in total. The van der Waals surface area contributed by atoms with Crippen molar-refractivity contribution in [1.29, 1.82) is 0 Å². The number of carbonyl (C=O) groups is 2. The topological polar surface area (TPSA) is 88.5 Å². The van der Waals surface area contributed by atoms with Gasteiger partial charge in [0.1, 0.15) is 31.3 Å². The summed E-state index contributed by atoms with van der Waals surface area (Å²) in [6.07, 6.45) is 1.64. The van der Waals surface area contributed by atoms with E-state index in [1.807, 2.05) is 25.1 Å². The van der Waals surface area contributed by atoms with Crippen LogP contribution in [0.25, 0.3) is 5.76 Å². The molecular weight excluding hydrogens is 436 g/mol. The van der Waals surface area contributed by atoms with E-state index in [1.54, 1.807) is 42.5 Å². The van der Waals surface area contributed by atoms with E-state index < -0.39 is 17.7 Å². The molecule has 0 radical (unpaired) electrons. The zero-order valence-corrected chi connectivity index (χ0v) is 19.3. The fourth-order valence-electron chi connectivity index (χ4n) is 4.04. The van der Waals surface area contributed by atoms with Gasteiger partial charge < -0.3 is 29.1 Å². The van der Waals surface area contributed by atoms with E-state index in [0.29, 0.717) is 61.3 Å². The van der Waals surface area contributed by atoms with Crippen molar-refractivity contribution < 1.29 is 28.9 Å². The van der Waals surface area contributed by atoms with Crippen LogP contribution in [0, 0.1) is 0 Å². The maximum absolute atomic E-state index is 13.2. The molecule has 2 aliphatic heterocycles. The SMILES string of the molecule is C=CCOc1cccc([C@H]2/C(=C(\O)c3ccc4c(c3)OCCO4)C(=O)C(=O)N2CCN(C)C)c1. The van der Waals surface area contributed by atoms with Crippen LogP contribution in [0.3, 0.4) is 0 Å². The van der Waals surface area contributed by atoms with Gasteiger partial charge in [-0.05, 0) is 50.0 Å². The fraction of sp³-hybridized carbons (Fsp3) is 0.308. The van der Waals surface area contributed by atoms with Gasteiger partial charge in [-0.25, -0.2) is 0 Å². The van der Waals surface area contributed by atoms with Crippen LogP contribution in [0.5, 0.6) is 17.2 Å². The molecule has 0 unspecified atom stereocenters. The molecular formula is C26H28N2O6. The maximum atomic E-state index is 13.2. The second kappa shape index (κ2) is 10.0. The first kappa shape index (κ1) is 23.4. The molecule has 1 saturated heterocycles. The summed E-state index contributed by atoms with van der Waals surface area (Å²) in [5.74, 6) is -0.0108. The van der Waals surface area contributed by atoms with Crippen LogP contribution in [0.2, 0.25) is 0 Å². The number of nitrogens with zero attached hydrogens (tertiary/aromatic N) is 2. The Balaban J connectivity index is 1.81. The van der Waals surface area contributed by atoms with Gasteiger partial charge in [-0.2, -0.15) is 0 Å². The zero-order chi connectivity index (χ0) is 24.2. The number of amides is 1. The molecule has 2 aromatic rings. The molecule has 2 aliphatic rings. The average Bonchev–Trinajstić information content (AvgIpc) is 3.10. The van der Waals surface area contributed by atoms with Crippen LogP contribution in [-0.4, -0.2) is 73.6 Å². The van der Waals surface area contributed by atoms with Crippen molar-refractivity contribution in [3.63, 3.8) is 0 Å². The van der Waals surface area contributed by atoms with Gasteiger partial charge in [-0.1, -0.05) is 24.8 Å². The molecule has 0 aliphatic carbocycles. The minimum atomic E-state index is -0.763. The molecule has 1 fully saturated rings. The highest BCUT2D eigenvalue weighted by Gasteiger charge is 2.46. The van der Waals surface area contributed by atoms with Crippen molar-refractivity contribution in [3.05, 3.63) is 71.8 Å². The van der Waals surface area contributed by atoms with E-state index >= 15 is 0 Å². The van der Waals surface area contributed by atoms with Gasteiger partial charge in [0.15, 0.2) is 11.5 Å². The molecule has 8 nitrogen and oxygen atoms in total. The molecule has 34 heavy (non-hydrogen) atoms. The average molecular weight is 465 g/mol. The second-order valence-electron chi connectivity index (χ2n) is 8.33. The van der Waals surface area contributed by atoms with Gasteiger partial charge >= 0.3 is 0 Å². The van der Waals surface area contributed by atoms with Crippen molar-refractivity contribution in [2.24, 2.45) is 0 Å². The highest BCUT2D eigenvalue weighted by molar-refractivity contribution is 6.46. The molecule has 0 saturated carbocycles. The lowest BCUT2D eigenvalue weighted by Gasteiger charge is -2.27. The van der Waals surface area contributed by atoms with Crippen molar-refractivity contribution in [1.82, 2.24) is 9.80 Å². The summed E-state index contributed by atoms with van der Waals surface area (Å²) in [5.41, 5.74) is 1.07. The Morgan fingerprint density at radius 2 is 1.94 bits per heavy atom. The van der Waals surface area contributed by atoms with Gasteiger partial charge in [0.2, 0.25) is 0 Å². The highest BCUT2D eigenvalue weighted by atomic mass is 16.6. The van der Waals surface area contributed by atoms with E-state index in [-0.39, 0.29) is 11.3 Å². The Morgan fingerprint density at radius 1 is 1.18 bits per heavy atom. The number of ether oxygens (including phenoxy) is 3. The van der Waals surface area contributed by atoms with Crippen molar-refractivity contribution in [2.45, 2.75) is 6.04 Å². The number of aliphatic hydroxyl groups excluding tert-OH is 1. The zero-order valence-electron chi connectivity index (χ0n) is 19.3. The van der Waals surface area contributed by atoms with Gasteiger partial charge in [0.25, 0.3) is 11.7 Å². The molecule has 0 bridgehead atoms. The van der Waals surface area contributed by atoms with Crippen molar-refractivity contribution in [3.8, 4) is 17.2 Å². The van der Waals surface area contributed by atoms with Gasteiger partial charge in [0.05, 0.1) is 11.6 Å². The van der Waals surface area contributed by atoms with E-state index in [1.165, 1.54) is 4.90 Å². The number of carbonyl (C=O) groups excluding carboxylic acids is 2. The minimum Gasteiger partial charge on any atom is -0.507 e. The number of benzene rings is 2. The summed E-state index contributed by atoms with van der Waals surface area (Å²) in [6, 6.07) is 11.4. The van der Waals surface area contributed by atoms with E-state index in [2.05, 4.69) is 6.58 Å². The Hall–Kier alpha value is -3.78. The predicted molar refractivity (Wildman–Crippen MR) is 127 cm³/mol. The number of hydrogen-bond acceptors (Lipinski definition) is 7. The molecule has 2 aromatic carbocycles. The lowest BCUT2D eigenvalue weighted by atomic mass is 9.95. The third-order valence-corrected chi connectivity index (χ3v) is 5.69. The van der Waals surface area contributed by atoms with E-state index in [9.17, 15) is 14.7 Å². The molecule has 4 rings (SSSR count). The quantitative estimate of drug-likeness (QED) is 0.278. The number of aliphatic hydroxyl groups is 1. The smallest absolute Gasteiger partial charge is 0.295 e. The Kier molecular flexibility index (Phi) is 6.88. The lowest BCUT2D eigenvalue weighted by Crippen LogP contribution is -2.35. The van der Waals surface area contributed by atoms with Crippen LogP contribution in [-0.2, 0) is 9.59 Å². The largest absolute Gasteiger partial charge is 0.507 e. The summed E-state index contributed by atoms with van der Waals surface area (Å²) >= 11 is 0. The summed E-state index contributed by atoms with van der Waals surface area (Å²) in [4.78, 5) is 29.7. The summed E-state index contributed by atoms with van der Waals surface area (Å²) < 4.78 is 16.8. The van der Waals surface area contributed by atoms with Crippen molar-refractivity contribution >= 4 is 17.4 Å². The van der Waals surface area contributed by atoms with Crippen LogP contribution >= 0.6 is 0 Å². The molecule has 0 spiro atoms. The second-order valence-corrected chi connectivity index (χ2v) is 8.33. The normalized spacial score (nSPS) is 18.9. The standard InChI is InChI=1S/C26H28N2O6/c1-4-12-32-19-7-5-6-17(15-19)23-22(25(30)26(31)28(23)11-10-27(2)3)24(29)18-8-9-20-21(16-18)34-14-13-33-20/h4-9,15-16,23,29H,1,10-14H2,2-3H3/b24-22+/t23-/m0/s1. The number of likely N-dealkylation sites (tertiary alicyclic amines) is 1. The predicted octanol–water partition coefficient (Wildman–Crippen LogP) is 3.01. The number of rotatable bonds is 8. The molecule has 178 valence electrons. The number of Topliss-reactive ketones (excluding diaryl/α,β-unsaturated/α-hetero) is 1. The highest BCUT2D eigenvalue weighted by Crippen LogP contribution is 2.41. The maximum Gasteiger partial charge on any atom is 0.295 e. The summed E-state index contributed by atoms with van der Waals surface area (Å²) in [7, 11) is 3.79. The summed E-state index contributed by atoms with van der Waals surface area (Å²) in [5, 5.41) is 11.3. The first-order valence-corrected chi connectivity index (χ1v) is 11.1. The van der Waals surface area contributed by atoms with Gasteiger partial charge in [-0.3, -0.25) is 9.59 Å². The Labute approximate surface area is 198 Å².